The van der Waals surface area contributed by atoms with Crippen LogP contribution in [0, 0.1) is 15.9 Å². The minimum Gasteiger partial charge on any atom is -0.460 e. The van der Waals surface area contributed by atoms with E-state index in [1.807, 2.05) is 13.8 Å². The Bertz CT molecular complexity index is 1410. The van der Waals surface area contributed by atoms with Gasteiger partial charge in [0.25, 0.3) is 11.6 Å². The Balaban J connectivity index is 1.61. The largest absolute Gasteiger partial charge is 0.460 e. The van der Waals surface area contributed by atoms with E-state index in [-0.39, 0.29) is 28.4 Å². The lowest BCUT2D eigenvalue weighted by Crippen LogP contribution is -2.12. The van der Waals surface area contributed by atoms with Crippen LogP contribution in [0.1, 0.15) is 24.2 Å². The highest BCUT2D eigenvalue weighted by Crippen LogP contribution is 2.27. The van der Waals surface area contributed by atoms with Gasteiger partial charge >= 0.3 is 6.01 Å². The minimum atomic E-state index is -0.653. The summed E-state index contributed by atoms with van der Waals surface area (Å²) in [6.45, 7) is 3.69. The number of nitro groups is 1. The maximum atomic E-state index is 13.8. The molecule has 4 aromatic rings. The number of amides is 1. The Labute approximate surface area is 204 Å². The molecule has 1 N–H and O–H groups in total. The summed E-state index contributed by atoms with van der Waals surface area (Å²) in [7, 11) is 0. The zero-order chi connectivity index (χ0) is 25.1. The van der Waals surface area contributed by atoms with Crippen LogP contribution in [0.3, 0.4) is 0 Å². The molecule has 0 saturated heterocycles. The topological polar surface area (TPSA) is 112 Å². The van der Waals surface area contributed by atoms with Crippen molar-refractivity contribution in [2.45, 2.75) is 20.0 Å². The molecule has 35 heavy (non-hydrogen) atoms. The summed E-state index contributed by atoms with van der Waals surface area (Å²) in [5.74, 6) is -0.569. The van der Waals surface area contributed by atoms with E-state index in [1.165, 1.54) is 28.9 Å². The van der Waals surface area contributed by atoms with Gasteiger partial charge in [-0.2, -0.15) is 4.98 Å². The fourth-order valence-electron chi connectivity index (χ4n) is 3.23. The summed E-state index contributed by atoms with van der Waals surface area (Å²) in [6.07, 6.45) is -0.160. The molecule has 9 nitrogen and oxygen atoms in total. The number of nitrogens with one attached hydrogen (secondary N) is 1. The molecule has 0 spiro atoms. The Hall–Kier alpha value is -4.31. The molecule has 0 bridgehead atoms. The molecule has 3 aromatic carbocycles. The summed E-state index contributed by atoms with van der Waals surface area (Å²) in [6, 6.07) is 16.6. The van der Waals surface area contributed by atoms with Gasteiger partial charge in [0.05, 0.1) is 16.7 Å². The molecule has 11 heteroatoms. The SMILES string of the molecule is CC(C)Oc1nc(-c2cccc(F)c2)n(-c2ccc(NC(=O)c3ccc(Cl)c([N+](=O)[O-])c3)cc2)n1. The van der Waals surface area contributed by atoms with Crippen molar-refractivity contribution < 1.29 is 18.8 Å². The molecule has 0 unspecified atom stereocenters. The van der Waals surface area contributed by atoms with Crippen molar-refractivity contribution in [3.05, 3.63) is 93.2 Å². The van der Waals surface area contributed by atoms with Crippen LogP contribution in [-0.4, -0.2) is 31.7 Å². The molecule has 4 rings (SSSR count). The zero-order valence-electron chi connectivity index (χ0n) is 18.6. The number of ether oxygens (including phenoxy) is 1. The van der Waals surface area contributed by atoms with E-state index >= 15 is 0 Å². The van der Waals surface area contributed by atoms with Crippen molar-refractivity contribution in [2.75, 3.05) is 5.32 Å². The highest BCUT2D eigenvalue weighted by Gasteiger charge is 2.18. The number of anilines is 1. The Morgan fingerprint density at radius 3 is 2.54 bits per heavy atom. The number of nitro benzene ring substituents is 1. The molecule has 0 saturated carbocycles. The summed E-state index contributed by atoms with van der Waals surface area (Å²) in [4.78, 5) is 27.4. The van der Waals surface area contributed by atoms with Gasteiger partial charge < -0.3 is 10.1 Å². The van der Waals surface area contributed by atoms with Crippen LogP contribution in [0.25, 0.3) is 17.1 Å². The fourth-order valence-corrected chi connectivity index (χ4v) is 3.42. The number of rotatable bonds is 7. The lowest BCUT2D eigenvalue weighted by molar-refractivity contribution is -0.384. The van der Waals surface area contributed by atoms with E-state index in [1.54, 1.807) is 36.4 Å². The third-order valence-corrected chi connectivity index (χ3v) is 5.11. The maximum Gasteiger partial charge on any atom is 0.336 e. The van der Waals surface area contributed by atoms with E-state index in [4.69, 9.17) is 16.3 Å². The van der Waals surface area contributed by atoms with E-state index in [0.717, 1.165) is 6.07 Å². The Morgan fingerprint density at radius 1 is 1.14 bits per heavy atom. The van der Waals surface area contributed by atoms with Crippen molar-refractivity contribution in [3.63, 3.8) is 0 Å². The first kappa shape index (κ1) is 23.8. The van der Waals surface area contributed by atoms with Gasteiger partial charge in [0.1, 0.15) is 10.8 Å². The number of halogens is 2. The first-order valence-corrected chi connectivity index (χ1v) is 10.8. The lowest BCUT2D eigenvalue weighted by atomic mass is 10.1. The van der Waals surface area contributed by atoms with E-state index in [9.17, 15) is 19.3 Å². The highest BCUT2D eigenvalue weighted by atomic mass is 35.5. The second-order valence-electron chi connectivity index (χ2n) is 7.73. The van der Waals surface area contributed by atoms with Crippen LogP contribution in [0.15, 0.2) is 66.7 Å². The van der Waals surface area contributed by atoms with Gasteiger partial charge in [-0.3, -0.25) is 14.9 Å². The number of carbonyl (C=O) groups excluding carboxylic acids is 1. The Kier molecular flexibility index (Phi) is 6.74. The standard InChI is InChI=1S/C24H19ClFN5O4/c1-14(2)35-24-28-22(15-4-3-5-17(26)12-15)30(29-24)19-9-7-18(8-10-19)27-23(32)16-6-11-20(25)21(13-16)31(33)34/h3-14H,1-2H3,(H,27,32). The van der Waals surface area contributed by atoms with Gasteiger partial charge in [-0.1, -0.05) is 23.7 Å². The summed E-state index contributed by atoms with van der Waals surface area (Å²) >= 11 is 5.81. The van der Waals surface area contributed by atoms with Crippen molar-refractivity contribution in [2.24, 2.45) is 0 Å². The third-order valence-electron chi connectivity index (χ3n) is 4.79. The summed E-state index contributed by atoms with van der Waals surface area (Å²) < 4.78 is 21.0. The van der Waals surface area contributed by atoms with Gasteiger partial charge in [0.15, 0.2) is 5.82 Å². The molecule has 0 atom stereocenters. The molecule has 0 aliphatic rings. The number of carbonyl (C=O) groups is 1. The number of hydrogen-bond acceptors (Lipinski definition) is 6. The van der Waals surface area contributed by atoms with Crippen LogP contribution in [0.5, 0.6) is 6.01 Å². The lowest BCUT2D eigenvalue weighted by Gasteiger charge is -2.09. The molecule has 0 radical (unpaired) electrons. The Morgan fingerprint density at radius 2 is 1.89 bits per heavy atom. The second kappa shape index (κ2) is 9.90. The fraction of sp³-hybridized carbons (Fsp3) is 0.125. The van der Waals surface area contributed by atoms with Crippen LogP contribution in [0.4, 0.5) is 15.8 Å². The monoisotopic (exact) mass is 495 g/mol. The predicted octanol–water partition coefficient (Wildman–Crippen LogP) is 5.67. The number of aromatic nitrogens is 3. The minimum absolute atomic E-state index is 0.0568. The third kappa shape index (κ3) is 5.44. The predicted molar refractivity (Wildman–Crippen MR) is 129 cm³/mol. The molecule has 0 aliphatic heterocycles. The molecular weight excluding hydrogens is 477 g/mol. The maximum absolute atomic E-state index is 13.8. The number of nitrogens with zero attached hydrogens (tertiary/aromatic N) is 4. The number of hydrogen-bond donors (Lipinski definition) is 1. The van der Waals surface area contributed by atoms with Crippen molar-refractivity contribution in [1.29, 1.82) is 0 Å². The van der Waals surface area contributed by atoms with Crippen molar-refractivity contribution in [1.82, 2.24) is 14.8 Å². The van der Waals surface area contributed by atoms with Crippen LogP contribution in [0.2, 0.25) is 5.02 Å². The second-order valence-corrected chi connectivity index (χ2v) is 8.14. The molecule has 178 valence electrons. The zero-order valence-corrected chi connectivity index (χ0v) is 19.4. The first-order valence-electron chi connectivity index (χ1n) is 10.5. The molecule has 0 aliphatic carbocycles. The van der Waals surface area contributed by atoms with E-state index in [0.29, 0.717) is 22.8 Å². The van der Waals surface area contributed by atoms with E-state index in [2.05, 4.69) is 15.4 Å². The summed E-state index contributed by atoms with van der Waals surface area (Å²) in [5.41, 5.74) is 1.28. The molecule has 1 aromatic heterocycles. The van der Waals surface area contributed by atoms with Gasteiger partial charge in [0.2, 0.25) is 0 Å². The molecule has 1 amide bonds. The van der Waals surface area contributed by atoms with Gasteiger partial charge in [-0.15, -0.1) is 5.10 Å². The molecular formula is C24H19ClFN5O4. The summed E-state index contributed by atoms with van der Waals surface area (Å²) in [5, 5.41) is 18.1. The molecule has 0 fully saturated rings. The van der Waals surface area contributed by atoms with Crippen LogP contribution >= 0.6 is 11.6 Å². The quantitative estimate of drug-likeness (QED) is 0.261. The van der Waals surface area contributed by atoms with Crippen LogP contribution in [-0.2, 0) is 0 Å². The highest BCUT2D eigenvalue weighted by molar-refractivity contribution is 6.32. The van der Waals surface area contributed by atoms with Crippen LogP contribution < -0.4 is 10.1 Å². The smallest absolute Gasteiger partial charge is 0.336 e. The van der Waals surface area contributed by atoms with Crippen molar-refractivity contribution >= 4 is 28.9 Å². The van der Waals surface area contributed by atoms with Gasteiger partial charge in [0, 0.05) is 22.9 Å². The van der Waals surface area contributed by atoms with Gasteiger partial charge in [-0.05, 0) is 62.4 Å². The average molecular weight is 496 g/mol. The normalized spacial score (nSPS) is 10.9. The number of benzene rings is 3. The first-order chi connectivity index (χ1) is 16.7. The van der Waals surface area contributed by atoms with E-state index < -0.39 is 16.6 Å². The van der Waals surface area contributed by atoms with Crippen molar-refractivity contribution in [3.8, 4) is 23.1 Å². The molecule has 1 heterocycles. The average Bonchev–Trinajstić information content (AvgIpc) is 3.22. The van der Waals surface area contributed by atoms with Gasteiger partial charge in [-0.25, -0.2) is 9.07 Å².